The van der Waals surface area contributed by atoms with E-state index in [9.17, 15) is 4.79 Å². The number of nitrogens with one attached hydrogen (secondary N) is 1. The Morgan fingerprint density at radius 1 is 0.765 bits per heavy atom. The van der Waals surface area contributed by atoms with Crippen LogP contribution in [0.15, 0.2) is 95.8 Å². The summed E-state index contributed by atoms with van der Waals surface area (Å²) in [6.45, 7) is 3.05. The lowest BCUT2D eigenvalue weighted by Gasteiger charge is -2.35. The van der Waals surface area contributed by atoms with E-state index in [1.54, 1.807) is 4.57 Å². The fourth-order valence-corrected chi connectivity index (χ4v) is 4.51. The molecule has 1 N–H and O–H groups in total. The summed E-state index contributed by atoms with van der Waals surface area (Å²) in [5.74, 6) is 0.618. The molecule has 0 aliphatic carbocycles. The molecule has 176 valence electrons. The molecule has 1 aromatic heterocycles. The second-order valence-corrected chi connectivity index (χ2v) is 8.58. The van der Waals surface area contributed by atoms with E-state index < -0.39 is 5.60 Å². The molecule has 0 atom stereocenters. The summed E-state index contributed by atoms with van der Waals surface area (Å²) in [5.41, 5.74) is 2.05. The van der Waals surface area contributed by atoms with Gasteiger partial charge in [-0.1, -0.05) is 124 Å². The molecule has 0 aliphatic rings. The van der Waals surface area contributed by atoms with Crippen molar-refractivity contribution in [2.24, 2.45) is 0 Å². The Bertz CT molecular complexity index is 1090. The smallest absolute Gasteiger partial charge is 0.343 e. The van der Waals surface area contributed by atoms with Crippen LogP contribution in [0.25, 0.3) is 0 Å². The first-order valence-corrected chi connectivity index (χ1v) is 12.2. The van der Waals surface area contributed by atoms with Gasteiger partial charge in [-0.15, -0.1) is 0 Å². The maximum absolute atomic E-state index is 12.5. The van der Waals surface area contributed by atoms with Crippen LogP contribution in [0, 0.1) is 0 Å². The molecule has 0 unspecified atom stereocenters. The van der Waals surface area contributed by atoms with Crippen LogP contribution < -0.4 is 5.69 Å². The maximum atomic E-state index is 12.5. The molecule has 4 aromatic rings. The maximum Gasteiger partial charge on any atom is 0.343 e. The number of H-pyrrole nitrogens is 1. The molecule has 1 heterocycles. The lowest BCUT2D eigenvalue weighted by molar-refractivity contribution is -0.00474. The minimum absolute atomic E-state index is 0.182. The second kappa shape index (κ2) is 11.6. The van der Waals surface area contributed by atoms with Crippen molar-refractivity contribution in [1.82, 2.24) is 14.8 Å². The highest BCUT2D eigenvalue weighted by molar-refractivity contribution is 5.47. The molecule has 4 rings (SSSR count). The molecule has 0 spiro atoms. The summed E-state index contributed by atoms with van der Waals surface area (Å²) in [6.07, 6.45) is 5.67. The van der Waals surface area contributed by atoms with Crippen molar-refractivity contribution in [3.8, 4) is 0 Å². The average Bonchev–Trinajstić information content (AvgIpc) is 3.25. The molecule has 0 saturated carbocycles. The Hall–Kier alpha value is -3.44. The molecule has 0 saturated heterocycles. The topological polar surface area (TPSA) is 59.9 Å². The van der Waals surface area contributed by atoms with Crippen LogP contribution in [0.4, 0.5) is 0 Å². The van der Waals surface area contributed by atoms with Gasteiger partial charge in [-0.2, -0.15) is 5.10 Å². The van der Waals surface area contributed by atoms with E-state index in [2.05, 4.69) is 53.5 Å². The molecule has 3 aromatic carbocycles. The minimum Gasteiger partial charge on any atom is -0.353 e. The van der Waals surface area contributed by atoms with Gasteiger partial charge in [-0.05, 0) is 23.1 Å². The number of nitrogens with zero attached hydrogens (tertiary/aromatic N) is 2. The Morgan fingerprint density at radius 2 is 1.26 bits per heavy atom. The molecule has 5 heteroatoms. The molecule has 5 nitrogen and oxygen atoms in total. The Kier molecular flexibility index (Phi) is 8.10. The van der Waals surface area contributed by atoms with Crippen molar-refractivity contribution in [1.29, 1.82) is 0 Å². The van der Waals surface area contributed by atoms with Crippen LogP contribution in [0.5, 0.6) is 0 Å². The van der Waals surface area contributed by atoms with Crippen molar-refractivity contribution in [2.45, 2.75) is 57.8 Å². The average molecular weight is 456 g/mol. The number of ether oxygens (including phenoxy) is 1. The van der Waals surface area contributed by atoms with Gasteiger partial charge in [0.05, 0.1) is 0 Å². The zero-order valence-electron chi connectivity index (χ0n) is 19.8. The van der Waals surface area contributed by atoms with Crippen molar-refractivity contribution >= 4 is 0 Å². The molecule has 0 amide bonds. The minimum atomic E-state index is -0.843. The van der Waals surface area contributed by atoms with E-state index in [0.29, 0.717) is 12.4 Å². The number of aromatic nitrogens is 3. The second-order valence-electron chi connectivity index (χ2n) is 8.58. The lowest BCUT2D eigenvalue weighted by Crippen LogP contribution is -2.33. The molecule has 0 bridgehead atoms. The van der Waals surface area contributed by atoms with Crippen LogP contribution in [-0.2, 0) is 23.5 Å². The van der Waals surface area contributed by atoms with Gasteiger partial charge in [-0.25, -0.2) is 9.89 Å². The number of hydrogen-bond acceptors (Lipinski definition) is 3. The van der Waals surface area contributed by atoms with Gasteiger partial charge >= 0.3 is 5.69 Å². The summed E-state index contributed by atoms with van der Waals surface area (Å²) in [7, 11) is 0. The quantitative estimate of drug-likeness (QED) is 0.209. The van der Waals surface area contributed by atoms with Gasteiger partial charge in [0.25, 0.3) is 0 Å². The third-order valence-electron chi connectivity index (χ3n) is 6.28. The fourth-order valence-electron chi connectivity index (χ4n) is 4.51. The third kappa shape index (κ3) is 5.20. The van der Waals surface area contributed by atoms with E-state index in [1.165, 1.54) is 19.3 Å². The van der Waals surface area contributed by atoms with E-state index in [1.807, 2.05) is 54.6 Å². The van der Waals surface area contributed by atoms with Gasteiger partial charge in [0.15, 0.2) is 5.82 Å². The van der Waals surface area contributed by atoms with Crippen molar-refractivity contribution in [3.63, 3.8) is 0 Å². The van der Waals surface area contributed by atoms with Crippen LogP contribution in [-0.4, -0.2) is 14.8 Å². The summed E-state index contributed by atoms with van der Waals surface area (Å²) >= 11 is 0. The van der Waals surface area contributed by atoms with Crippen LogP contribution >= 0.6 is 0 Å². The standard InChI is InChI=1S/C29H33N3O2/c1-2-3-4-5-15-22-32-27(30-31-28(32)33)23-34-29(24-16-9-6-10-17-24,25-18-11-7-12-19-25)26-20-13-8-14-21-26/h6-14,16-21H,2-5,15,22-23H2,1H3,(H,31,33). The zero-order chi connectivity index (χ0) is 23.6. The molecule has 34 heavy (non-hydrogen) atoms. The molecule has 0 radical (unpaired) electrons. The number of benzene rings is 3. The SMILES string of the molecule is CCCCCCCn1c(COC(c2ccccc2)(c2ccccc2)c2ccccc2)n[nH]c1=O. The van der Waals surface area contributed by atoms with Gasteiger partial charge in [0.2, 0.25) is 0 Å². The first-order chi connectivity index (χ1) is 16.8. The largest absolute Gasteiger partial charge is 0.353 e. The highest BCUT2D eigenvalue weighted by atomic mass is 16.5. The highest BCUT2D eigenvalue weighted by Gasteiger charge is 2.38. The number of aromatic amines is 1. The normalized spacial score (nSPS) is 11.6. The predicted molar refractivity (Wildman–Crippen MR) is 136 cm³/mol. The lowest BCUT2D eigenvalue weighted by atomic mass is 9.80. The third-order valence-corrected chi connectivity index (χ3v) is 6.28. The molecular formula is C29H33N3O2. The van der Waals surface area contributed by atoms with Crippen LogP contribution in [0.1, 0.15) is 61.5 Å². The van der Waals surface area contributed by atoms with Crippen molar-refractivity contribution in [3.05, 3.63) is 124 Å². The van der Waals surface area contributed by atoms with Crippen LogP contribution in [0.2, 0.25) is 0 Å². The van der Waals surface area contributed by atoms with E-state index in [-0.39, 0.29) is 12.3 Å². The number of unbranched alkanes of at least 4 members (excludes halogenated alkanes) is 4. The van der Waals surface area contributed by atoms with Gasteiger partial charge in [0, 0.05) is 6.54 Å². The van der Waals surface area contributed by atoms with Gasteiger partial charge in [0.1, 0.15) is 12.2 Å². The van der Waals surface area contributed by atoms with E-state index in [4.69, 9.17) is 4.74 Å². The number of rotatable bonds is 12. The van der Waals surface area contributed by atoms with Crippen molar-refractivity contribution in [2.75, 3.05) is 0 Å². The van der Waals surface area contributed by atoms with Crippen LogP contribution in [0.3, 0.4) is 0 Å². The summed E-state index contributed by atoms with van der Waals surface area (Å²) < 4.78 is 8.55. The highest BCUT2D eigenvalue weighted by Crippen LogP contribution is 2.40. The molecular weight excluding hydrogens is 422 g/mol. The number of hydrogen-bond donors (Lipinski definition) is 1. The zero-order valence-corrected chi connectivity index (χ0v) is 19.8. The van der Waals surface area contributed by atoms with E-state index in [0.717, 1.165) is 29.5 Å². The Balaban J connectivity index is 1.69. The van der Waals surface area contributed by atoms with Gasteiger partial charge in [-0.3, -0.25) is 4.57 Å². The first-order valence-electron chi connectivity index (χ1n) is 12.2. The predicted octanol–water partition coefficient (Wildman–Crippen LogP) is 6.05. The Morgan fingerprint density at radius 3 is 1.76 bits per heavy atom. The molecule has 0 fully saturated rings. The summed E-state index contributed by atoms with van der Waals surface area (Å²) in [4.78, 5) is 12.5. The van der Waals surface area contributed by atoms with Gasteiger partial charge < -0.3 is 4.74 Å². The Labute approximate surface area is 201 Å². The van der Waals surface area contributed by atoms with Crippen molar-refractivity contribution < 1.29 is 4.74 Å². The summed E-state index contributed by atoms with van der Waals surface area (Å²) in [5, 5.41) is 6.94. The first kappa shape index (κ1) is 23.7. The monoisotopic (exact) mass is 455 g/mol. The fraction of sp³-hybridized carbons (Fsp3) is 0.310. The molecule has 0 aliphatic heterocycles. The van der Waals surface area contributed by atoms with E-state index >= 15 is 0 Å². The summed E-state index contributed by atoms with van der Waals surface area (Å²) in [6, 6.07) is 30.7.